The number of carbonyl (C=O) groups excluding carboxylic acids is 1. The monoisotopic (exact) mass is 209 g/mol. The van der Waals surface area contributed by atoms with Crippen molar-refractivity contribution in [3.8, 4) is 0 Å². The number of aromatic nitrogens is 1. The van der Waals surface area contributed by atoms with Gasteiger partial charge in [0.2, 0.25) is 5.91 Å². The van der Waals surface area contributed by atoms with Crippen LogP contribution in [-0.4, -0.2) is 23.5 Å². The van der Waals surface area contributed by atoms with Crippen LogP contribution in [0.2, 0.25) is 0 Å². The zero-order valence-corrected chi connectivity index (χ0v) is 9.58. The molecule has 0 saturated heterocycles. The van der Waals surface area contributed by atoms with Crippen molar-refractivity contribution < 1.29 is 4.79 Å². The Labute approximate surface area is 90.5 Å². The van der Waals surface area contributed by atoms with Crippen molar-refractivity contribution in [2.24, 2.45) is 5.73 Å². The first-order chi connectivity index (χ1) is 6.90. The van der Waals surface area contributed by atoms with Crippen LogP contribution >= 0.6 is 0 Å². The van der Waals surface area contributed by atoms with E-state index in [9.17, 15) is 4.79 Å². The minimum Gasteiger partial charge on any atom is -0.366 e. The lowest BCUT2D eigenvalue weighted by atomic mass is 10.00. The molecule has 1 aromatic rings. The van der Waals surface area contributed by atoms with Gasteiger partial charge in [0.15, 0.2) is 0 Å². The largest absolute Gasteiger partial charge is 0.366 e. The van der Waals surface area contributed by atoms with Crippen LogP contribution in [0, 0.1) is 0 Å². The van der Waals surface area contributed by atoms with Crippen LogP contribution in [0.15, 0.2) is 18.5 Å². The first-order valence-electron chi connectivity index (χ1n) is 5.08. The molecule has 3 N–H and O–H groups in total. The summed E-state index contributed by atoms with van der Waals surface area (Å²) >= 11 is 0. The van der Waals surface area contributed by atoms with E-state index in [1.54, 1.807) is 24.3 Å². The molecule has 1 rings (SSSR count). The normalized spacial score (nSPS) is 11.5. The molecule has 0 atom stereocenters. The standard InChI is InChI=1S/C11H19N3O/c1-11(2,12)6-4-10(15)14(3)9-5-7-13-8-9/h5,7-8,13H,4,6,12H2,1-3H3. The first-order valence-corrected chi connectivity index (χ1v) is 5.08. The van der Waals surface area contributed by atoms with Crippen LogP contribution in [0.3, 0.4) is 0 Å². The fourth-order valence-electron chi connectivity index (χ4n) is 1.26. The second-order valence-corrected chi connectivity index (χ2v) is 4.51. The number of nitrogens with zero attached hydrogens (tertiary/aromatic N) is 1. The maximum atomic E-state index is 11.7. The van der Waals surface area contributed by atoms with Crippen molar-refractivity contribution in [1.29, 1.82) is 0 Å². The van der Waals surface area contributed by atoms with Crippen molar-refractivity contribution in [2.45, 2.75) is 32.2 Å². The molecule has 0 fully saturated rings. The van der Waals surface area contributed by atoms with Gasteiger partial charge in [-0.15, -0.1) is 0 Å². The number of H-pyrrole nitrogens is 1. The Morgan fingerprint density at radius 2 is 2.27 bits per heavy atom. The highest BCUT2D eigenvalue weighted by atomic mass is 16.2. The number of nitrogens with two attached hydrogens (primary N) is 1. The number of nitrogens with one attached hydrogen (secondary N) is 1. The molecule has 1 amide bonds. The molecule has 1 heterocycles. The zero-order chi connectivity index (χ0) is 11.5. The van der Waals surface area contributed by atoms with Gasteiger partial charge >= 0.3 is 0 Å². The smallest absolute Gasteiger partial charge is 0.226 e. The Morgan fingerprint density at radius 1 is 1.60 bits per heavy atom. The second-order valence-electron chi connectivity index (χ2n) is 4.51. The van der Waals surface area contributed by atoms with Gasteiger partial charge in [-0.1, -0.05) is 0 Å². The van der Waals surface area contributed by atoms with E-state index in [0.717, 1.165) is 5.69 Å². The Morgan fingerprint density at radius 3 is 2.73 bits per heavy atom. The quantitative estimate of drug-likeness (QED) is 0.789. The molecule has 0 aliphatic carbocycles. The van der Waals surface area contributed by atoms with Crippen LogP contribution in [0.5, 0.6) is 0 Å². The molecule has 0 saturated carbocycles. The van der Waals surface area contributed by atoms with Gasteiger partial charge in [0, 0.05) is 31.4 Å². The summed E-state index contributed by atoms with van der Waals surface area (Å²) in [5, 5.41) is 0. The summed E-state index contributed by atoms with van der Waals surface area (Å²) < 4.78 is 0. The van der Waals surface area contributed by atoms with E-state index >= 15 is 0 Å². The maximum absolute atomic E-state index is 11.7. The molecule has 0 aliphatic rings. The summed E-state index contributed by atoms with van der Waals surface area (Å²) in [4.78, 5) is 16.3. The molecular formula is C11H19N3O. The lowest BCUT2D eigenvalue weighted by molar-refractivity contribution is -0.118. The lowest BCUT2D eigenvalue weighted by Gasteiger charge is -2.20. The summed E-state index contributed by atoms with van der Waals surface area (Å²) in [5.74, 6) is 0.0909. The Hall–Kier alpha value is -1.29. The number of aromatic amines is 1. The van der Waals surface area contributed by atoms with Crippen molar-refractivity contribution in [2.75, 3.05) is 11.9 Å². The summed E-state index contributed by atoms with van der Waals surface area (Å²) in [6.07, 6.45) is 4.77. The molecular weight excluding hydrogens is 190 g/mol. The highest BCUT2D eigenvalue weighted by molar-refractivity contribution is 5.92. The Kier molecular flexibility index (Phi) is 3.52. The van der Waals surface area contributed by atoms with Crippen molar-refractivity contribution in [1.82, 2.24) is 4.98 Å². The van der Waals surface area contributed by atoms with Crippen LogP contribution < -0.4 is 10.6 Å². The number of rotatable bonds is 4. The van der Waals surface area contributed by atoms with Gasteiger partial charge < -0.3 is 15.6 Å². The highest BCUT2D eigenvalue weighted by Gasteiger charge is 2.16. The number of carbonyl (C=O) groups is 1. The maximum Gasteiger partial charge on any atom is 0.226 e. The van der Waals surface area contributed by atoms with Crippen LogP contribution in [-0.2, 0) is 4.79 Å². The summed E-state index contributed by atoms with van der Waals surface area (Å²) in [5.41, 5.74) is 6.43. The number of anilines is 1. The third kappa shape index (κ3) is 3.75. The number of hydrogen-bond acceptors (Lipinski definition) is 2. The minimum atomic E-state index is -0.283. The van der Waals surface area contributed by atoms with Crippen molar-refractivity contribution in [3.63, 3.8) is 0 Å². The fourth-order valence-corrected chi connectivity index (χ4v) is 1.26. The number of amides is 1. The lowest BCUT2D eigenvalue weighted by Crippen LogP contribution is -2.35. The third-order valence-electron chi connectivity index (χ3n) is 2.33. The highest BCUT2D eigenvalue weighted by Crippen LogP contribution is 2.14. The van der Waals surface area contributed by atoms with Crippen LogP contribution in [0.25, 0.3) is 0 Å². The van der Waals surface area contributed by atoms with E-state index < -0.39 is 0 Å². The zero-order valence-electron chi connectivity index (χ0n) is 9.58. The second kappa shape index (κ2) is 4.49. The van der Waals surface area contributed by atoms with Crippen LogP contribution in [0.1, 0.15) is 26.7 Å². The molecule has 0 aromatic carbocycles. The Balaban J connectivity index is 2.48. The predicted octanol–water partition coefficient (Wildman–Crippen LogP) is 1.49. The van der Waals surface area contributed by atoms with Gasteiger partial charge in [-0.25, -0.2) is 0 Å². The van der Waals surface area contributed by atoms with E-state index in [0.29, 0.717) is 12.8 Å². The van der Waals surface area contributed by atoms with E-state index in [1.807, 2.05) is 19.9 Å². The minimum absolute atomic E-state index is 0.0909. The van der Waals surface area contributed by atoms with E-state index in [2.05, 4.69) is 4.98 Å². The molecule has 0 unspecified atom stereocenters. The van der Waals surface area contributed by atoms with E-state index in [-0.39, 0.29) is 11.4 Å². The van der Waals surface area contributed by atoms with Crippen molar-refractivity contribution >= 4 is 11.6 Å². The first kappa shape index (κ1) is 11.8. The Bertz CT molecular complexity index is 311. The number of hydrogen-bond donors (Lipinski definition) is 2. The molecule has 0 radical (unpaired) electrons. The summed E-state index contributed by atoms with van der Waals surface area (Å²) in [7, 11) is 1.77. The fraction of sp³-hybridized carbons (Fsp3) is 0.545. The van der Waals surface area contributed by atoms with Gasteiger partial charge in [-0.2, -0.15) is 0 Å². The third-order valence-corrected chi connectivity index (χ3v) is 2.33. The van der Waals surface area contributed by atoms with Crippen molar-refractivity contribution in [3.05, 3.63) is 18.5 Å². The molecule has 0 spiro atoms. The topological polar surface area (TPSA) is 62.1 Å². The molecule has 4 heteroatoms. The van der Waals surface area contributed by atoms with Crippen LogP contribution in [0.4, 0.5) is 5.69 Å². The SMILES string of the molecule is CN(C(=O)CCC(C)(C)N)c1cc[nH]c1. The van der Waals surface area contributed by atoms with Gasteiger partial charge in [-0.05, 0) is 26.3 Å². The van der Waals surface area contributed by atoms with E-state index in [1.165, 1.54) is 0 Å². The molecule has 0 aliphatic heterocycles. The average molecular weight is 209 g/mol. The van der Waals surface area contributed by atoms with Gasteiger partial charge in [-0.3, -0.25) is 4.79 Å². The molecule has 15 heavy (non-hydrogen) atoms. The molecule has 0 bridgehead atoms. The molecule has 84 valence electrons. The predicted molar refractivity (Wildman–Crippen MR) is 61.7 cm³/mol. The van der Waals surface area contributed by atoms with Gasteiger partial charge in [0.05, 0.1) is 5.69 Å². The van der Waals surface area contributed by atoms with Gasteiger partial charge in [0.1, 0.15) is 0 Å². The summed E-state index contributed by atoms with van der Waals surface area (Å²) in [6.45, 7) is 3.85. The van der Waals surface area contributed by atoms with Gasteiger partial charge in [0.25, 0.3) is 0 Å². The average Bonchev–Trinajstić information content (AvgIpc) is 2.64. The summed E-state index contributed by atoms with van der Waals surface area (Å²) in [6, 6.07) is 1.87. The van der Waals surface area contributed by atoms with E-state index in [4.69, 9.17) is 5.73 Å². The molecule has 1 aromatic heterocycles. The molecule has 4 nitrogen and oxygen atoms in total.